The lowest BCUT2D eigenvalue weighted by Gasteiger charge is -2.35. The van der Waals surface area contributed by atoms with E-state index in [4.69, 9.17) is 11.0 Å². The zero-order chi connectivity index (χ0) is 17.5. The molecule has 0 radical (unpaired) electrons. The summed E-state index contributed by atoms with van der Waals surface area (Å²) in [5.74, 6) is -1.09. The molecule has 0 aliphatic carbocycles. The van der Waals surface area contributed by atoms with Crippen molar-refractivity contribution in [3.8, 4) is 6.07 Å². The largest absolute Gasteiger partial charge is 0.375 e. The maximum Gasteiger partial charge on any atom is 0.184 e. The SMILES string of the molecule is N#CCCN1CCN(c2cc(F)c(C=NNC(N)=S)cc2F)CC1. The number of thiocarbonyl (C=S) groups is 1. The molecular formula is C15H18F2N6S. The molecule has 3 N–H and O–H groups in total. The van der Waals surface area contributed by atoms with E-state index in [0.29, 0.717) is 39.1 Å². The Bertz CT molecular complexity index is 665. The number of anilines is 1. The number of hydrazone groups is 1. The van der Waals surface area contributed by atoms with Crippen LogP contribution < -0.4 is 16.1 Å². The molecule has 0 aromatic heterocycles. The van der Waals surface area contributed by atoms with Crippen molar-refractivity contribution in [2.45, 2.75) is 6.42 Å². The minimum atomic E-state index is -0.577. The van der Waals surface area contributed by atoms with Crippen LogP contribution in [0, 0.1) is 23.0 Å². The van der Waals surface area contributed by atoms with Gasteiger partial charge < -0.3 is 10.6 Å². The second-order valence-electron chi connectivity index (χ2n) is 5.30. The van der Waals surface area contributed by atoms with Gasteiger partial charge in [0.05, 0.1) is 18.0 Å². The lowest BCUT2D eigenvalue weighted by molar-refractivity contribution is 0.263. The normalized spacial score (nSPS) is 15.5. The Hall–Kier alpha value is -2.31. The zero-order valence-electron chi connectivity index (χ0n) is 13.0. The summed E-state index contributed by atoms with van der Waals surface area (Å²) in [6, 6.07) is 4.37. The number of benzene rings is 1. The average molecular weight is 352 g/mol. The molecule has 1 aliphatic rings. The van der Waals surface area contributed by atoms with Gasteiger partial charge in [0.2, 0.25) is 0 Å². The van der Waals surface area contributed by atoms with E-state index in [-0.39, 0.29) is 16.4 Å². The topological polar surface area (TPSA) is 80.7 Å². The van der Waals surface area contributed by atoms with Gasteiger partial charge in [0.25, 0.3) is 0 Å². The number of hydrogen-bond donors (Lipinski definition) is 2. The van der Waals surface area contributed by atoms with Crippen molar-refractivity contribution >= 4 is 29.2 Å². The predicted molar refractivity (Wildman–Crippen MR) is 92.8 cm³/mol. The molecule has 0 spiro atoms. The van der Waals surface area contributed by atoms with Crippen LogP contribution in [0.4, 0.5) is 14.5 Å². The summed E-state index contributed by atoms with van der Waals surface area (Å²) in [5.41, 5.74) is 7.72. The fourth-order valence-corrected chi connectivity index (χ4v) is 2.53. The molecule has 1 heterocycles. The highest BCUT2D eigenvalue weighted by Gasteiger charge is 2.20. The molecule has 24 heavy (non-hydrogen) atoms. The van der Waals surface area contributed by atoms with Crippen molar-refractivity contribution in [1.82, 2.24) is 10.3 Å². The maximum atomic E-state index is 14.3. The first kappa shape index (κ1) is 18.0. The van der Waals surface area contributed by atoms with Gasteiger partial charge in [-0.3, -0.25) is 10.3 Å². The molecule has 1 saturated heterocycles. The Kier molecular flexibility index (Phi) is 6.40. The van der Waals surface area contributed by atoms with Crippen LogP contribution in [0.15, 0.2) is 17.2 Å². The molecule has 128 valence electrons. The van der Waals surface area contributed by atoms with Crippen LogP contribution in [0.2, 0.25) is 0 Å². The molecule has 6 nitrogen and oxygen atoms in total. The van der Waals surface area contributed by atoms with E-state index < -0.39 is 11.6 Å². The van der Waals surface area contributed by atoms with Crippen molar-refractivity contribution < 1.29 is 8.78 Å². The third-order valence-corrected chi connectivity index (χ3v) is 3.79. The highest BCUT2D eigenvalue weighted by Crippen LogP contribution is 2.24. The van der Waals surface area contributed by atoms with E-state index in [1.54, 1.807) is 4.90 Å². The number of nitrogens with zero attached hydrogens (tertiary/aromatic N) is 4. The van der Waals surface area contributed by atoms with E-state index in [1.165, 1.54) is 6.07 Å². The lowest BCUT2D eigenvalue weighted by atomic mass is 10.1. The molecule has 0 bridgehead atoms. The molecule has 1 fully saturated rings. The van der Waals surface area contributed by atoms with E-state index >= 15 is 0 Å². The molecule has 1 aromatic carbocycles. The number of nitrogens with one attached hydrogen (secondary N) is 1. The van der Waals surface area contributed by atoms with E-state index in [9.17, 15) is 8.78 Å². The minimum Gasteiger partial charge on any atom is -0.375 e. The van der Waals surface area contributed by atoms with E-state index in [1.807, 2.05) is 0 Å². The monoisotopic (exact) mass is 352 g/mol. The minimum absolute atomic E-state index is 0.00709. The fraction of sp³-hybridized carbons (Fsp3) is 0.400. The van der Waals surface area contributed by atoms with Crippen LogP contribution in [0.1, 0.15) is 12.0 Å². The molecular weight excluding hydrogens is 334 g/mol. The van der Waals surface area contributed by atoms with Gasteiger partial charge in [0.15, 0.2) is 5.11 Å². The first-order valence-electron chi connectivity index (χ1n) is 7.43. The van der Waals surface area contributed by atoms with Crippen molar-refractivity contribution in [2.24, 2.45) is 10.8 Å². The van der Waals surface area contributed by atoms with Gasteiger partial charge in [0, 0.05) is 50.8 Å². The highest BCUT2D eigenvalue weighted by atomic mass is 32.1. The summed E-state index contributed by atoms with van der Waals surface area (Å²) in [7, 11) is 0. The Morgan fingerprint density at radius 2 is 2.04 bits per heavy atom. The summed E-state index contributed by atoms with van der Waals surface area (Å²) >= 11 is 4.57. The number of nitrogens with two attached hydrogens (primary N) is 1. The smallest absolute Gasteiger partial charge is 0.184 e. The second-order valence-corrected chi connectivity index (χ2v) is 5.74. The van der Waals surface area contributed by atoms with Gasteiger partial charge in [-0.15, -0.1) is 0 Å². The van der Waals surface area contributed by atoms with E-state index in [0.717, 1.165) is 12.3 Å². The van der Waals surface area contributed by atoms with Gasteiger partial charge in [0.1, 0.15) is 11.6 Å². The number of nitriles is 1. The van der Waals surface area contributed by atoms with Gasteiger partial charge in [-0.05, 0) is 18.3 Å². The van der Waals surface area contributed by atoms with Crippen LogP contribution >= 0.6 is 12.2 Å². The molecule has 0 unspecified atom stereocenters. The maximum absolute atomic E-state index is 14.3. The molecule has 1 aromatic rings. The molecule has 0 atom stereocenters. The molecule has 1 aliphatic heterocycles. The van der Waals surface area contributed by atoms with Gasteiger partial charge in [-0.2, -0.15) is 10.4 Å². The number of piperazine rings is 1. The zero-order valence-corrected chi connectivity index (χ0v) is 13.8. The van der Waals surface area contributed by atoms with Crippen LogP contribution in [-0.2, 0) is 0 Å². The third-order valence-electron chi connectivity index (χ3n) is 3.70. The summed E-state index contributed by atoms with van der Waals surface area (Å²) in [6.45, 7) is 3.29. The first-order chi connectivity index (χ1) is 11.5. The van der Waals surface area contributed by atoms with E-state index in [2.05, 4.69) is 33.7 Å². The molecule has 2 rings (SSSR count). The molecule has 9 heteroatoms. The fourth-order valence-electron chi connectivity index (χ4n) is 2.48. The Labute approximate surface area is 144 Å². The summed E-state index contributed by atoms with van der Waals surface area (Å²) in [5, 5.41) is 12.2. The summed E-state index contributed by atoms with van der Waals surface area (Å²) in [6.07, 6.45) is 1.60. The molecule has 0 saturated carbocycles. The molecule has 0 amide bonds. The van der Waals surface area contributed by atoms with Crippen molar-refractivity contribution in [3.05, 3.63) is 29.3 Å². The Morgan fingerprint density at radius 1 is 1.33 bits per heavy atom. The predicted octanol–water partition coefficient (Wildman–Crippen LogP) is 1.17. The number of halogens is 2. The number of rotatable bonds is 5. The van der Waals surface area contributed by atoms with Gasteiger partial charge in [-0.25, -0.2) is 8.78 Å². The summed E-state index contributed by atoms with van der Waals surface area (Å²) in [4.78, 5) is 3.94. The van der Waals surface area contributed by atoms with Crippen LogP contribution in [0.3, 0.4) is 0 Å². The standard InChI is InChI=1S/C15H18F2N6S/c16-12-9-14(13(17)8-11(12)10-20-21-15(19)24)23-6-4-22(5-7-23)3-1-2-18/h8-10H,1,3-7H2,(H3,19,21,24). The van der Waals surface area contributed by atoms with Gasteiger partial charge in [-0.1, -0.05) is 0 Å². The van der Waals surface area contributed by atoms with Crippen molar-refractivity contribution in [3.63, 3.8) is 0 Å². The average Bonchev–Trinajstić information content (AvgIpc) is 2.56. The third kappa shape index (κ3) is 4.84. The van der Waals surface area contributed by atoms with Crippen molar-refractivity contribution in [1.29, 1.82) is 5.26 Å². The lowest BCUT2D eigenvalue weighted by Crippen LogP contribution is -2.46. The highest BCUT2D eigenvalue weighted by molar-refractivity contribution is 7.80. The van der Waals surface area contributed by atoms with Crippen LogP contribution in [0.5, 0.6) is 0 Å². The van der Waals surface area contributed by atoms with Crippen LogP contribution in [-0.4, -0.2) is 49.0 Å². The second kappa shape index (κ2) is 8.52. The Morgan fingerprint density at radius 3 is 2.67 bits per heavy atom. The summed E-state index contributed by atoms with van der Waals surface area (Å²) < 4.78 is 28.4. The number of hydrogen-bond acceptors (Lipinski definition) is 5. The quantitative estimate of drug-likeness (QED) is 0.470. The van der Waals surface area contributed by atoms with Crippen LogP contribution in [0.25, 0.3) is 0 Å². The van der Waals surface area contributed by atoms with Gasteiger partial charge >= 0.3 is 0 Å². The first-order valence-corrected chi connectivity index (χ1v) is 7.84. The van der Waals surface area contributed by atoms with Crippen molar-refractivity contribution in [2.75, 3.05) is 37.6 Å². The Balaban J connectivity index is 2.04.